The molecule has 5 rings (SSSR count). The van der Waals surface area contributed by atoms with Crippen molar-refractivity contribution in [3.63, 3.8) is 0 Å². The van der Waals surface area contributed by atoms with Gasteiger partial charge in [-0.2, -0.15) is 5.10 Å². The van der Waals surface area contributed by atoms with Crippen LogP contribution in [0, 0.1) is 20.8 Å². The van der Waals surface area contributed by atoms with Gasteiger partial charge in [-0.05, 0) is 55.2 Å². The minimum absolute atomic E-state index is 0.104. The summed E-state index contributed by atoms with van der Waals surface area (Å²) in [6.07, 6.45) is 3.43. The van der Waals surface area contributed by atoms with Crippen LogP contribution in [-0.2, 0) is 21.5 Å². The molecule has 1 N–H and O–H groups in total. The minimum Gasteiger partial charge on any atom is -0.350 e. The summed E-state index contributed by atoms with van der Waals surface area (Å²) in [5, 5.41) is 8.08. The van der Waals surface area contributed by atoms with Gasteiger partial charge in [0.15, 0.2) is 0 Å². The molecule has 41 heavy (non-hydrogen) atoms. The van der Waals surface area contributed by atoms with Crippen LogP contribution in [-0.4, -0.2) is 38.9 Å². The molecule has 0 saturated carbocycles. The highest BCUT2D eigenvalue weighted by molar-refractivity contribution is 8.00. The summed E-state index contributed by atoms with van der Waals surface area (Å²) in [5.74, 6) is 0.565. The second-order valence-corrected chi connectivity index (χ2v) is 12.8. The van der Waals surface area contributed by atoms with Gasteiger partial charge in [0.1, 0.15) is 12.4 Å². The van der Waals surface area contributed by atoms with Crippen molar-refractivity contribution in [3.8, 4) is 5.69 Å². The summed E-state index contributed by atoms with van der Waals surface area (Å²) < 4.78 is 1.90. The Bertz CT molecular complexity index is 1590. The highest BCUT2D eigenvalue weighted by Gasteiger charge is 2.40. The van der Waals surface area contributed by atoms with Crippen LogP contribution in [0.5, 0.6) is 0 Å². The van der Waals surface area contributed by atoms with Gasteiger partial charge in [-0.25, -0.2) is 4.68 Å². The van der Waals surface area contributed by atoms with E-state index < -0.39 is 0 Å². The van der Waals surface area contributed by atoms with Crippen molar-refractivity contribution in [2.45, 2.75) is 58.8 Å². The quantitative estimate of drug-likeness (QED) is 0.310. The molecule has 0 bridgehead atoms. The predicted molar refractivity (Wildman–Crippen MR) is 166 cm³/mol. The molecule has 1 aliphatic rings. The number of anilines is 1. The Morgan fingerprint density at radius 3 is 2.51 bits per heavy atom. The van der Waals surface area contributed by atoms with E-state index in [1.807, 2.05) is 28.9 Å². The van der Waals surface area contributed by atoms with Crippen molar-refractivity contribution in [1.82, 2.24) is 20.1 Å². The molecule has 0 saturated heterocycles. The zero-order chi connectivity index (χ0) is 29.3. The molecule has 4 aromatic rings. The first-order chi connectivity index (χ1) is 19.5. The topological polar surface area (TPSA) is 80.1 Å². The van der Waals surface area contributed by atoms with Crippen LogP contribution in [0.2, 0.25) is 0 Å². The summed E-state index contributed by atoms with van der Waals surface area (Å²) in [6.45, 7) is 12.9. The third-order valence-corrected chi connectivity index (χ3v) is 8.60. The van der Waals surface area contributed by atoms with Crippen molar-refractivity contribution in [2.75, 3.05) is 17.2 Å². The number of carbonyl (C=O) groups excluding carboxylic acids is 2. The first-order valence-electron chi connectivity index (χ1n) is 13.9. The van der Waals surface area contributed by atoms with Gasteiger partial charge in [-0.15, -0.1) is 11.8 Å². The number of aromatic nitrogens is 3. The maximum atomic E-state index is 13.9. The van der Waals surface area contributed by atoms with Crippen molar-refractivity contribution in [1.29, 1.82) is 0 Å². The van der Waals surface area contributed by atoms with E-state index in [0.717, 1.165) is 44.8 Å². The summed E-state index contributed by atoms with van der Waals surface area (Å²) >= 11 is 1.60. The summed E-state index contributed by atoms with van der Waals surface area (Å²) in [7, 11) is 0. The smallest absolute Gasteiger partial charge is 0.240 e. The van der Waals surface area contributed by atoms with E-state index in [1.165, 1.54) is 0 Å². The SMILES string of the molecule is Cc1ccc(-n2nc(C(C)(C)C)c3c2N(CC(=O)NCc2cccnc2)C(=O)CSC3c2ccccc2C)c(C)c1. The Kier molecular flexibility index (Phi) is 8.04. The second-order valence-electron chi connectivity index (χ2n) is 11.7. The molecule has 1 aliphatic heterocycles. The van der Waals surface area contributed by atoms with E-state index in [9.17, 15) is 9.59 Å². The summed E-state index contributed by atoms with van der Waals surface area (Å²) in [5.41, 5.74) is 7.90. The first kappa shape index (κ1) is 28.6. The lowest BCUT2D eigenvalue weighted by Gasteiger charge is -2.25. The van der Waals surface area contributed by atoms with Gasteiger partial charge >= 0.3 is 0 Å². The number of rotatable bonds is 6. The monoisotopic (exact) mass is 567 g/mol. The number of aryl methyl sites for hydroxylation is 3. The number of pyridine rings is 1. The molecular formula is C33H37N5O2S. The number of carbonyl (C=O) groups is 2. The molecule has 1 atom stereocenters. The number of thioether (sulfide) groups is 1. The van der Waals surface area contributed by atoms with Gasteiger partial charge in [0.2, 0.25) is 11.8 Å². The zero-order valence-electron chi connectivity index (χ0n) is 24.6. The number of nitrogens with zero attached hydrogens (tertiary/aromatic N) is 4. The van der Waals surface area contributed by atoms with Gasteiger partial charge in [0, 0.05) is 29.9 Å². The molecular weight excluding hydrogens is 530 g/mol. The van der Waals surface area contributed by atoms with Crippen molar-refractivity contribution in [2.24, 2.45) is 0 Å². The molecule has 212 valence electrons. The van der Waals surface area contributed by atoms with Crippen LogP contribution in [0.3, 0.4) is 0 Å². The first-order valence-corrected chi connectivity index (χ1v) is 14.9. The number of benzene rings is 2. The average molecular weight is 568 g/mol. The van der Waals surface area contributed by atoms with Gasteiger partial charge < -0.3 is 5.32 Å². The number of hydrogen-bond acceptors (Lipinski definition) is 5. The van der Waals surface area contributed by atoms with E-state index in [1.54, 1.807) is 29.1 Å². The van der Waals surface area contributed by atoms with Gasteiger partial charge in [-0.3, -0.25) is 19.5 Å². The van der Waals surface area contributed by atoms with Crippen LogP contribution in [0.4, 0.5) is 5.82 Å². The van der Waals surface area contributed by atoms with Crippen LogP contribution in [0.15, 0.2) is 67.0 Å². The summed E-state index contributed by atoms with van der Waals surface area (Å²) in [6, 6.07) is 18.3. The number of nitrogens with one attached hydrogen (secondary N) is 1. The predicted octanol–water partition coefficient (Wildman–Crippen LogP) is 5.98. The average Bonchev–Trinajstić information content (AvgIpc) is 3.26. The lowest BCUT2D eigenvalue weighted by Crippen LogP contribution is -2.42. The molecule has 1 unspecified atom stereocenters. The molecule has 2 aromatic carbocycles. The molecule has 0 radical (unpaired) electrons. The molecule has 8 heteroatoms. The molecule has 7 nitrogen and oxygen atoms in total. The maximum absolute atomic E-state index is 13.9. The molecule has 2 aromatic heterocycles. The van der Waals surface area contributed by atoms with Crippen molar-refractivity contribution < 1.29 is 9.59 Å². The van der Waals surface area contributed by atoms with Crippen molar-refractivity contribution >= 4 is 29.4 Å². The molecule has 0 spiro atoms. The van der Waals surface area contributed by atoms with Crippen LogP contribution in [0.1, 0.15) is 65.1 Å². The third kappa shape index (κ3) is 5.93. The summed E-state index contributed by atoms with van der Waals surface area (Å²) in [4.78, 5) is 33.0. The number of amides is 2. The van der Waals surface area contributed by atoms with E-state index in [4.69, 9.17) is 5.10 Å². The second kappa shape index (κ2) is 11.5. The van der Waals surface area contributed by atoms with Crippen LogP contribution in [0.25, 0.3) is 5.69 Å². The molecule has 2 amide bonds. The molecule has 0 aliphatic carbocycles. The Balaban J connectivity index is 1.69. The van der Waals surface area contributed by atoms with E-state index in [-0.39, 0.29) is 34.8 Å². The lowest BCUT2D eigenvalue weighted by atomic mass is 9.86. The Labute approximate surface area is 246 Å². The zero-order valence-corrected chi connectivity index (χ0v) is 25.4. The van der Waals surface area contributed by atoms with Crippen LogP contribution < -0.4 is 10.2 Å². The third-order valence-electron chi connectivity index (χ3n) is 7.37. The van der Waals surface area contributed by atoms with Crippen LogP contribution >= 0.6 is 11.8 Å². The van der Waals surface area contributed by atoms with Gasteiger partial charge in [-0.1, -0.05) is 68.8 Å². The Morgan fingerprint density at radius 1 is 1.05 bits per heavy atom. The number of hydrogen-bond donors (Lipinski definition) is 1. The van der Waals surface area contributed by atoms with Gasteiger partial charge in [0.05, 0.1) is 22.4 Å². The van der Waals surface area contributed by atoms with Crippen molar-refractivity contribution in [3.05, 3.63) is 106 Å². The highest BCUT2D eigenvalue weighted by Crippen LogP contribution is 2.49. The fourth-order valence-corrected chi connectivity index (χ4v) is 6.61. The highest BCUT2D eigenvalue weighted by atomic mass is 32.2. The lowest BCUT2D eigenvalue weighted by molar-refractivity contribution is -0.123. The maximum Gasteiger partial charge on any atom is 0.240 e. The van der Waals surface area contributed by atoms with E-state index in [0.29, 0.717) is 12.4 Å². The molecule has 0 fully saturated rings. The normalized spacial score (nSPS) is 15.4. The van der Waals surface area contributed by atoms with E-state index >= 15 is 0 Å². The Morgan fingerprint density at radius 2 is 1.83 bits per heavy atom. The fraction of sp³-hybridized carbons (Fsp3) is 0.333. The molecule has 3 heterocycles. The largest absolute Gasteiger partial charge is 0.350 e. The minimum atomic E-state index is -0.308. The van der Waals surface area contributed by atoms with E-state index in [2.05, 4.69) is 82.2 Å². The standard InChI is InChI=1S/C33H37N5O2S/c1-21-13-14-26(23(3)16-21)38-32-29(31(36-38)33(4,5)6)30(25-12-8-7-10-22(25)2)41-20-28(40)37(32)19-27(39)35-18-24-11-9-15-34-17-24/h7-17,30H,18-20H2,1-6H3,(H,35,39). The number of fused-ring (bicyclic) bond motifs is 1. The van der Waals surface area contributed by atoms with Gasteiger partial charge in [0.25, 0.3) is 0 Å². The fourth-order valence-electron chi connectivity index (χ4n) is 5.31. The Hall–Kier alpha value is -3.91.